The molecule has 2 aromatic rings. The van der Waals surface area contributed by atoms with E-state index in [1.54, 1.807) is 24.3 Å². The number of nitrogens with zero attached hydrogens (tertiary/aromatic N) is 2. The van der Waals surface area contributed by atoms with Crippen LogP contribution in [-0.2, 0) is 6.42 Å². The van der Waals surface area contributed by atoms with Crippen LogP contribution in [0.1, 0.15) is 12.5 Å². The molecule has 0 atom stereocenters. The minimum atomic E-state index is 0.0861. The van der Waals surface area contributed by atoms with Crippen LogP contribution in [0.2, 0.25) is 5.02 Å². The van der Waals surface area contributed by atoms with Crippen molar-refractivity contribution < 1.29 is 5.11 Å². The molecule has 0 bridgehead atoms. The van der Waals surface area contributed by atoms with Gasteiger partial charge in [-0.15, -0.1) is 5.11 Å². The number of azo groups is 1. The first kappa shape index (κ1) is 14.0. The van der Waals surface area contributed by atoms with E-state index in [4.69, 9.17) is 11.6 Å². The van der Waals surface area contributed by atoms with Crippen LogP contribution in [0.4, 0.5) is 11.4 Å². The summed E-state index contributed by atoms with van der Waals surface area (Å²) in [5, 5.41) is 18.7. The standard InChI is InChI=1S/C14H12BrClN2O/c1-2-9-6-12(15)14(19)13(7-9)18-17-11-5-3-4-10(16)8-11/h3-8,19H,2H2,1H3. The lowest BCUT2D eigenvalue weighted by atomic mass is 10.1. The average Bonchev–Trinajstić information content (AvgIpc) is 2.40. The molecule has 0 radical (unpaired) electrons. The highest BCUT2D eigenvalue weighted by Gasteiger charge is 2.07. The second kappa shape index (κ2) is 6.17. The molecule has 0 unspecified atom stereocenters. The van der Waals surface area contributed by atoms with Gasteiger partial charge in [-0.1, -0.05) is 24.6 Å². The lowest BCUT2D eigenvalue weighted by molar-refractivity contribution is 0.473. The van der Waals surface area contributed by atoms with Crippen LogP contribution in [0.5, 0.6) is 5.75 Å². The molecule has 19 heavy (non-hydrogen) atoms. The molecule has 0 heterocycles. The van der Waals surface area contributed by atoms with Crippen molar-refractivity contribution in [1.29, 1.82) is 0 Å². The smallest absolute Gasteiger partial charge is 0.157 e. The molecule has 2 rings (SSSR count). The number of phenolic OH excluding ortho intramolecular Hbond substituents is 1. The van der Waals surface area contributed by atoms with Gasteiger partial charge in [0.05, 0.1) is 10.2 Å². The molecule has 0 amide bonds. The Morgan fingerprint density at radius 2 is 2.00 bits per heavy atom. The molecule has 5 heteroatoms. The number of rotatable bonds is 3. The molecule has 2 aromatic carbocycles. The number of aryl methyl sites for hydroxylation is 1. The van der Waals surface area contributed by atoms with Gasteiger partial charge in [-0.2, -0.15) is 5.11 Å². The first-order chi connectivity index (χ1) is 9.10. The highest BCUT2D eigenvalue weighted by Crippen LogP contribution is 2.36. The number of halogens is 2. The Kier molecular flexibility index (Phi) is 4.56. The molecule has 0 saturated carbocycles. The fraction of sp³-hybridized carbons (Fsp3) is 0.143. The van der Waals surface area contributed by atoms with E-state index in [0.29, 0.717) is 20.9 Å². The van der Waals surface area contributed by atoms with E-state index < -0.39 is 0 Å². The Morgan fingerprint density at radius 3 is 2.68 bits per heavy atom. The Labute approximate surface area is 125 Å². The molecular weight excluding hydrogens is 328 g/mol. The van der Waals surface area contributed by atoms with E-state index in [1.807, 2.05) is 19.1 Å². The van der Waals surface area contributed by atoms with Crippen LogP contribution in [0, 0.1) is 0 Å². The van der Waals surface area contributed by atoms with E-state index in [1.165, 1.54) is 0 Å². The summed E-state index contributed by atoms with van der Waals surface area (Å²) in [4.78, 5) is 0. The van der Waals surface area contributed by atoms with Gasteiger partial charge in [0.25, 0.3) is 0 Å². The van der Waals surface area contributed by atoms with Crippen molar-refractivity contribution in [3.05, 3.63) is 51.5 Å². The van der Waals surface area contributed by atoms with Gasteiger partial charge < -0.3 is 5.11 Å². The van der Waals surface area contributed by atoms with Crippen LogP contribution in [0.15, 0.2) is 51.1 Å². The fourth-order valence-electron chi connectivity index (χ4n) is 1.57. The molecular formula is C14H12BrClN2O. The second-order valence-corrected chi connectivity index (χ2v) is 5.27. The molecule has 98 valence electrons. The van der Waals surface area contributed by atoms with Crippen LogP contribution in [-0.4, -0.2) is 5.11 Å². The van der Waals surface area contributed by atoms with Gasteiger partial charge in [0, 0.05) is 5.02 Å². The van der Waals surface area contributed by atoms with Crippen molar-refractivity contribution >= 4 is 38.9 Å². The largest absolute Gasteiger partial charge is 0.505 e. The summed E-state index contributed by atoms with van der Waals surface area (Å²) in [6.07, 6.45) is 0.860. The van der Waals surface area contributed by atoms with Crippen molar-refractivity contribution in [2.45, 2.75) is 13.3 Å². The monoisotopic (exact) mass is 338 g/mol. The third-order valence-corrected chi connectivity index (χ3v) is 3.43. The van der Waals surface area contributed by atoms with Crippen LogP contribution < -0.4 is 0 Å². The maximum atomic E-state index is 9.92. The minimum absolute atomic E-state index is 0.0861. The van der Waals surface area contributed by atoms with E-state index in [9.17, 15) is 5.11 Å². The summed E-state index contributed by atoms with van der Waals surface area (Å²) in [7, 11) is 0. The van der Waals surface area contributed by atoms with Gasteiger partial charge in [0.2, 0.25) is 0 Å². The van der Waals surface area contributed by atoms with Crippen molar-refractivity contribution in [2.75, 3.05) is 0 Å². The zero-order chi connectivity index (χ0) is 13.8. The van der Waals surface area contributed by atoms with Gasteiger partial charge in [-0.25, -0.2) is 0 Å². The molecule has 0 aliphatic rings. The Balaban J connectivity index is 2.35. The van der Waals surface area contributed by atoms with Crippen LogP contribution >= 0.6 is 27.5 Å². The summed E-state index contributed by atoms with van der Waals surface area (Å²) in [6.45, 7) is 2.04. The predicted molar refractivity (Wildman–Crippen MR) is 80.8 cm³/mol. The highest BCUT2D eigenvalue weighted by atomic mass is 79.9. The lowest BCUT2D eigenvalue weighted by Gasteiger charge is -2.04. The molecule has 0 saturated heterocycles. The van der Waals surface area contributed by atoms with Crippen molar-refractivity contribution in [1.82, 2.24) is 0 Å². The first-order valence-electron chi connectivity index (χ1n) is 5.79. The molecule has 0 aliphatic carbocycles. The molecule has 0 aliphatic heterocycles. The Morgan fingerprint density at radius 1 is 1.21 bits per heavy atom. The molecule has 0 aromatic heterocycles. The maximum Gasteiger partial charge on any atom is 0.157 e. The van der Waals surface area contributed by atoms with Crippen molar-refractivity contribution in [3.8, 4) is 5.75 Å². The topological polar surface area (TPSA) is 45.0 Å². The third kappa shape index (κ3) is 3.55. The predicted octanol–water partition coefficient (Wildman–Crippen LogP) is 5.79. The third-order valence-electron chi connectivity index (χ3n) is 2.59. The number of benzene rings is 2. The van der Waals surface area contributed by atoms with Gasteiger partial charge in [-0.05, 0) is 58.2 Å². The maximum absolute atomic E-state index is 9.92. The number of phenols is 1. The van der Waals surface area contributed by atoms with Gasteiger partial charge in [0.1, 0.15) is 5.69 Å². The SMILES string of the molecule is CCc1cc(Br)c(O)c(N=Nc2cccc(Cl)c2)c1. The van der Waals surface area contributed by atoms with Gasteiger partial charge in [0.15, 0.2) is 5.75 Å². The number of aromatic hydroxyl groups is 1. The molecule has 3 nitrogen and oxygen atoms in total. The number of hydrogen-bond acceptors (Lipinski definition) is 3. The van der Waals surface area contributed by atoms with E-state index in [0.717, 1.165) is 12.0 Å². The minimum Gasteiger partial charge on any atom is -0.505 e. The number of hydrogen-bond donors (Lipinski definition) is 1. The second-order valence-electron chi connectivity index (χ2n) is 3.98. The first-order valence-corrected chi connectivity index (χ1v) is 6.96. The summed E-state index contributed by atoms with van der Waals surface area (Å²) in [5.74, 6) is 0.0861. The summed E-state index contributed by atoms with van der Waals surface area (Å²) < 4.78 is 0.617. The Bertz CT molecular complexity index is 629. The van der Waals surface area contributed by atoms with Gasteiger partial charge in [-0.3, -0.25) is 0 Å². The Hall–Kier alpha value is -1.39. The highest BCUT2D eigenvalue weighted by molar-refractivity contribution is 9.10. The summed E-state index contributed by atoms with van der Waals surface area (Å²) >= 11 is 9.18. The summed E-state index contributed by atoms with van der Waals surface area (Å²) in [6, 6.07) is 10.8. The van der Waals surface area contributed by atoms with Crippen LogP contribution in [0.3, 0.4) is 0 Å². The average molecular weight is 340 g/mol. The fourth-order valence-corrected chi connectivity index (χ4v) is 2.25. The molecule has 0 spiro atoms. The molecule has 0 fully saturated rings. The lowest BCUT2D eigenvalue weighted by Crippen LogP contribution is -1.80. The van der Waals surface area contributed by atoms with Crippen molar-refractivity contribution in [3.63, 3.8) is 0 Å². The van der Waals surface area contributed by atoms with Crippen molar-refractivity contribution in [2.24, 2.45) is 10.2 Å². The normalized spacial score (nSPS) is 11.1. The summed E-state index contributed by atoms with van der Waals surface area (Å²) in [5.41, 5.74) is 2.15. The van der Waals surface area contributed by atoms with E-state index in [2.05, 4.69) is 26.2 Å². The van der Waals surface area contributed by atoms with Gasteiger partial charge >= 0.3 is 0 Å². The molecule has 1 N–H and O–H groups in total. The van der Waals surface area contributed by atoms with E-state index in [-0.39, 0.29) is 5.75 Å². The quantitative estimate of drug-likeness (QED) is 0.707. The van der Waals surface area contributed by atoms with E-state index >= 15 is 0 Å². The zero-order valence-corrected chi connectivity index (χ0v) is 12.6. The zero-order valence-electron chi connectivity index (χ0n) is 10.3. The van der Waals surface area contributed by atoms with Crippen LogP contribution in [0.25, 0.3) is 0 Å².